The fourth-order valence-electron chi connectivity index (χ4n) is 2.85. The molecule has 1 N–H and O–H groups in total. The van der Waals surface area contributed by atoms with E-state index in [-0.39, 0.29) is 6.10 Å². The molecule has 0 bridgehead atoms. The third-order valence-corrected chi connectivity index (χ3v) is 4.41. The molecule has 1 saturated carbocycles. The third-order valence-electron chi connectivity index (χ3n) is 4.41. The Morgan fingerprint density at radius 1 is 1.29 bits per heavy atom. The summed E-state index contributed by atoms with van der Waals surface area (Å²) in [6.07, 6.45) is 6.33. The van der Waals surface area contributed by atoms with Gasteiger partial charge in [0.1, 0.15) is 5.75 Å². The number of aliphatic carboxylic acids is 1. The molecule has 1 fully saturated rings. The normalized spacial score (nSPS) is 26.0. The average Bonchev–Trinajstić information content (AvgIpc) is 2.43. The third kappa shape index (κ3) is 4.35. The van der Waals surface area contributed by atoms with Gasteiger partial charge >= 0.3 is 5.97 Å². The van der Waals surface area contributed by atoms with E-state index in [1.54, 1.807) is 6.08 Å². The zero-order valence-electron chi connectivity index (χ0n) is 13.0. The topological polar surface area (TPSA) is 46.5 Å². The molecule has 3 nitrogen and oxygen atoms in total. The summed E-state index contributed by atoms with van der Waals surface area (Å²) >= 11 is 0. The molecule has 114 valence electrons. The standard InChI is InChI=1S/C18H24O3/c1-12-4-8-17(15(10-12)6-9-18(19)20)21-16-7-5-13(2)14(3)11-16/h4,6,8-10,13-14,16H,5,7,11H2,1-3H3,(H,19,20). The van der Waals surface area contributed by atoms with Gasteiger partial charge in [0, 0.05) is 11.6 Å². The maximum atomic E-state index is 10.7. The quantitative estimate of drug-likeness (QED) is 0.840. The summed E-state index contributed by atoms with van der Waals surface area (Å²) in [5.74, 6) is 1.27. The molecule has 3 atom stereocenters. The summed E-state index contributed by atoms with van der Waals surface area (Å²) in [6.45, 7) is 6.57. The van der Waals surface area contributed by atoms with Crippen molar-refractivity contribution in [2.24, 2.45) is 11.8 Å². The maximum Gasteiger partial charge on any atom is 0.328 e. The number of hydrogen-bond donors (Lipinski definition) is 1. The highest BCUT2D eigenvalue weighted by molar-refractivity contribution is 5.86. The van der Waals surface area contributed by atoms with Gasteiger partial charge in [-0.1, -0.05) is 25.5 Å². The van der Waals surface area contributed by atoms with E-state index in [4.69, 9.17) is 9.84 Å². The number of carboxylic acids is 1. The Kier molecular flexibility index (Phi) is 5.05. The Morgan fingerprint density at radius 3 is 2.71 bits per heavy atom. The van der Waals surface area contributed by atoms with Gasteiger partial charge in [-0.15, -0.1) is 0 Å². The first-order valence-corrected chi connectivity index (χ1v) is 7.64. The summed E-state index contributed by atoms with van der Waals surface area (Å²) in [5.41, 5.74) is 1.93. The first kappa shape index (κ1) is 15.6. The maximum absolute atomic E-state index is 10.7. The van der Waals surface area contributed by atoms with Crippen LogP contribution in [0.5, 0.6) is 5.75 Å². The Morgan fingerprint density at radius 2 is 2.05 bits per heavy atom. The molecule has 0 aromatic heterocycles. The van der Waals surface area contributed by atoms with E-state index in [1.807, 2.05) is 25.1 Å². The lowest BCUT2D eigenvalue weighted by molar-refractivity contribution is -0.131. The second-order valence-corrected chi connectivity index (χ2v) is 6.22. The average molecular weight is 288 g/mol. The van der Waals surface area contributed by atoms with Gasteiger partial charge < -0.3 is 9.84 Å². The van der Waals surface area contributed by atoms with E-state index >= 15 is 0 Å². The SMILES string of the molecule is Cc1ccc(OC2CCC(C)C(C)C2)c(C=CC(=O)O)c1. The van der Waals surface area contributed by atoms with E-state index in [0.717, 1.165) is 41.7 Å². The lowest BCUT2D eigenvalue weighted by Crippen LogP contribution is -2.28. The fraction of sp³-hybridized carbons (Fsp3) is 0.500. The number of rotatable bonds is 4. The molecule has 0 heterocycles. The molecule has 1 aliphatic carbocycles. The first-order chi connectivity index (χ1) is 9.95. The number of benzene rings is 1. The summed E-state index contributed by atoms with van der Waals surface area (Å²) in [6, 6.07) is 5.91. The van der Waals surface area contributed by atoms with Gasteiger partial charge in [0.25, 0.3) is 0 Å². The molecule has 3 unspecified atom stereocenters. The van der Waals surface area contributed by atoms with Crippen LogP contribution in [0.15, 0.2) is 24.3 Å². The molecule has 1 aliphatic rings. The summed E-state index contributed by atoms with van der Waals surface area (Å²) < 4.78 is 6.15. The molecule has 0 saturated heterocycles. The molecule has 0 amide bonds. The Balaban J connectivity index is 2.14. The lowest BCUT2D eigenvalue weighted by Gasteiger charge is -2.32. The van der Waals surface area contributed by atoms with E-state index in [9.17, 15) is 4.79 Å². The molecular weight excluding hydrogens is 264 g/mol. The number of carbonyl (C=O) groups is 1. The van der Waals surface area contributed by atoms with Gasteiger partial charge in [-0.2, -0.15) is 0 Å². The number of carboxylic acid groups (broad SMARTS) is 1. The van der Waals surface area contributed by atoms with Crippen LogP contribution in [0.2, 0.25) is 0 Å². The fourth-order valence-corrected chi connectivity index (χ4v) is 2.85. The second-order valence-electron chi connectivity index (χ2n) is 6.22. The van der Waals surface area contributed by atoms with Crippen molar-refractivity contribution < 1.29 is 14.6 Å². The summed E-state index contributed by atoms with van der Waals surface area (Å²) in [5, 5.41) is 8.79. The van der Waals surface area contributed by atoms with Crippen LogP contribution in [0, 0.1) is 18.8 Å². The van der Waals surface area contributed by atoms with Crippen LogP contribution in [-0.2, 0) is 4.79 Å². The molecule has 21 heavy (non-hydrogen) atoms. The van der Waals surface area contributed by atoms with Gasteiger partial charge in [0.15, 0.2) is 0 Å². The number of ether oxygens (including phenoxy) is 1. The van der Waals surface area contributed by atoms with Crippen molar-refractivity contribution in [3.05, 3.63) is 35.4 Å². The van der Waals surface area contributed by atoms with Gasteiger partial charge in [-0.25, -0.2) is 4.79 Å². The monoisotopic (exact) mass is 288 g/mol. The smallest absolute Gasteiger partial charge is 0.328 e. The van der Waals surface area contributed by atoms with E-state index in [2.05, 4.69) is 13.8 Å². The highest BCUT2D eigenvalue weighted by Crippen LogP contribution is 2.33. The minimum absolute atomic E-state index is 0.232. The zero-order valence-corrected chi connectivity index (χ0v) is 13.0. The molecule has 0 spiro atoms. The number of hydrogen-bond acceptors (Lipinski definition) is 2. The van der Waals surface area contributed by atoms with Crippen LogP contribution < -0.4 is 4.74 Å². The van der Waals surface area contributed by atoms with Crippen molar-refractivity contribution in [1.82, 2.24) is 0 Å². The van der Waals surface area contributed by atoms with Crippen molar-refractivity contribution in [3.8, 4) is 5.75 Å². The highest BCUT2D eigenvalue weighted by atomic mass is 16.5. The first-order valence-electron chi connectivity index (χ1n) is 7.64. The Hall–Kier alpha value is -1.77. The zero-order chi connectivity index (χ0) is 15.4. The van der Waals surface area contributed by atoms with Crippen LogP contribution in [0.25, 0.3) is 6.08 Å². The van der Waals surface area contributed by atoms with Gasteiger partial charge in [0.05, 0.1) is 6.10 Å². The van der Waals surface area contributed by atoms with Gasteiger partial charge in [-0.05, 0) is 56.2 Å². The van der Waals surface area contributed by atoms with Gasteiger partial charge in [-0.3, -0.25) is 0 Å². The van der Waals surface area contributed by atoms with Crippen LogP contribution in [-0.4, -0.2) is 17.2 Å². The van der Waals surface area contributed by atoms with Crippen LogP contribution in [0.4, 0.5) is 0 Å². The van der Waals surface area contributed by atoms with Gasteiger partial charge in [0.2, 0.25) is 0 Å². The molecule has 1 aromatic carbocycles. The largest absolute Gasteiger partial charge is 0.490 e. The minimum atomic E-state index is -0.942. The minimum Gasteiger partial charge on any atom is -0.490 e. The molecule has 3 heteroatoms. The van der Waals surface area contributed by atoms with Crippen molar-refractivity contribution in [2.45, 2.75) is 46.1 Å². The molecular formula is C18H24O3. The van der Waals surface area contributed by atoms with Crippen LogP contribution in [0.1, 0.15) is 44.2 Å². The van der Waals surface area contributed by atoms with Crippen LogP contribution in [0.3, 0.4) is 0 Å². The molecule has 2 rings (SSSR count). The van der Waals surface area contributed by atoms with E-state index in [1.165, 1.54) is 6.42 Å². The summed E-state index contributed by atoms with van der Waals surface area (Å²) in [7, 11) is 0. The second kappa shape index (κ2) is 6.79. The summed E-state index contributed by atoms with van der Waals surface area (Å²) in [4.78, 5) is 10.7. The van der Waals surface area contributed by atoms with Crippen molar-refractivity contribution in [3.63, 3.8) is 0 Å². The van der Waals surface area contributed by atoms with E-state index < -0.39 is 5.97 Å². The van der Waals surface area contributed by atoms with Crippen molar-refractivity contribution >= 4 is 12.0 Å². The molecule has 0 aliphatic heterocycles. The Bertz CT molecular complexity index is 533. The lowest BCUT2D eigenvalue weighted by atomic mass is 9.80. The predicted molar refractivity (Wildman–Crippen MR) is 84.4 cm³/mol. The molecule has 1 aromatic rings. The predicted octanol–water partition coefficient (Wildman–Crippen LogP) is 4.30. The van der Waals surface area contributed by atoms with E-state index in [0.29, 0.717) is 5.92 Å². The van der Waals surface area contributed by atoms with Crippen LogP contribution >= 0.6 is 0 Å². The van der Waals surface area contributed by atoms with Crippen molar-refractivity contribution in [1.29, 1.82) is 0 Å². The van der Waals surface area contributed by atoms with Crippen molar-refractivity contribution in [2.75, 3.05) is 0 Å². The highest BCUT2D eigenvalue weighted by Gasteiger charge is 2.26. The number of aryl methyl sites for hydroxylation is 1. The molecule has 0 radical (unpaired) electrons. The Labute approximate surface area is 126 Å².